The van der Waals surface area contributed by atoms with Crippen LogP contribution >= 0.6 is 39.3 Å². The normalized spacial score (nSPS) is 20.2. The number of nitrogens with zero attached hydrogens (tertiary/aromatic N) is 2. The molecular formula is C12H9BrClN3O3S. The van der Waals surface area contributed by atoms with Gasteiger partial charge in [-0.2, -0.15) is 5.10 Å². The van der Waals surface area contributed by atoms with Gasteiger partial charge in [0.2, 0.25) is 5.91 Å². The second-order valence-electron chi connectivity index (χ2n) is 4.02. The van der Waals surface area contributed by atoms with Gasteiger partial charge < -0.3 is 10.4 Å². The summed E-state index contributed by atoms with van der Waals surface area (Å²) >= 11 is 10.2. The maximum Gasteiger partial charge on any atom is 0.305 e. The molecule has 1 fully saturated rings. The van der Waals surface area contributed by atoms with E-state index in [0.717, 1.165) is 21.8 Å². The SMILES string of the molecule is O=C(O)CC1SC(=NN=Cc2ccc(Cl)c(Br)c2)NC1=O. The highest BCUT2D eigenvalue weighted by atomic mass is 79.9. The number of carboxylic acids is 1. The number of nitrogens with one attached hydrogen (secondary N) is 1. The fourth-order valence-corrected chi connectivity index (χ4v) is 2.92. The topological polar surface area (TPSA) is 91.1 Å². The van der Waals surface area contributed by atoms with Crippen LogP contribution in [-0.4, -0.2) is 33.6 Å². The Bertz CT molecular complexity index is 651. The fraction of sp³-hybridized carbons (Fsp3) is 0.167. The van der Waals surface area contributed by atoms with Gasteiger partial charge in [0.05, 0.1) is 17.7 Å². The van der Waals surface area contributed by atoms with Crippen LogP contribution in [0, 0.1) is 0 Å². The Morgan fingerprint density at radius 3 is 3.00 bits per heavy atom. The lowest BCUT2D eigenvalue weighted by Gasteiger charge is -1.98. The van der Waals surface area contributed by atoms with E-state index in [0.29, 0.717) is 5.02 Å². The summed E-state index contributed by atoms with van der Waals surface area (Å²) in [6.45, 7) is 0. The lowest BCUT2D eigenvalue weighted by atomic mass is 10.2. The Morgan fingerprint density at radius 1 is 1.57 bits per heavy atom. The van der Waals surface area contributed by atoms with Crippen molar-refractivity contribution in [3.8, 4) is 0 Å². The molecule has 0 aliphatic carbocycles. The Balaban J connectivity index is 2.01. The lowest BCUT2D eigenvalue weighted by molar-refractivity contribution is -0.138. The third kappa shape index (κ3) is 4.55. The quantitative estimate of drug-likeness (QED) is 0.610. The van der Waals surface area contributed by atoms with E-state index in [4.69, 9.17) is 16.7 Å². The minimum Gasteiger partial charge on any atom is -0.481 e. The molecule has 1 aliphatic rings. The molecule has 6 nitrogen and oxygen atoms in total. The van der Waals surface area contributed by atoms with Crippen molar-refractivity contribution in [2.75, 3.05) is 0 Å². The Hall–Kier alpha value is -1.38. The third-order valence-electron chi connectivity index (χ3n) is 2.44. The first-order valence-electron chi connectivity index (χ1n) is 5.71. The molecule has 110 valence electrons. The zero-order valence-electron chi connectivity index (χ0n) is 10.4. The van der Waals surface area contributed by atoms with Crippen molar-refractivity contribution in [1.82, 2.24) is 5.32 Å². The summed E-state index contributed by atoms with van der Waals surface area (Å²) in [5.41, 5.74) is 0.784. The fourth-order valence-electron chi connectivity index (χ4n) is 1.49. The van der Waals surface area contributed by atoms with Crippen molar-refractivity contribution in [2.24, 2.45) is 10.2 Å². The highest BCUT2D eigenvalue weighted by Gasteiger charge is 2.32. The number of thioether (sulfide) groups is 1. The van der Waals surface area contributed by atoms with Crippen LogP contribution in [0.15, 0.2) is 32.9 Å². The zero-order valence-corrected chi connectivity index (χ0v) is 13.6. The van der Waals surface area contributed by atoms with Gasteiger partial charge in [0.15, 0.2) is 5.17 Å². The molecule has 0 radical (unpaired) electrons. The minimum atomic E-state index is -1.03. The molecule has 1 aliphatic heterocycles. The molecule has 21 heavy (non-hydrogen) atoms. The molecule has 2 N–H and O–H groups in total. The van der Waals surface area contributed by atoms with E-state index < -0.39 is 11.2 Å². The molecule has 1 aromatic rings. The number of rotatable bonds is 4. The van der Waals surface area contributed by atoms with Crippen molar-refractivity contribution >= 4 is 62.6 Å². The van der Waals surface area contributed by atoms with Crippen molar-refractivity contribution in [1.29, 1.82) is 0 Å². The molecule has 1 aromatic carbocycles. The first-order chi connectivity index (χ1) is 9.95. The van der Waals surface area contributed by atoms with Gasteiger partial charge >= 0.3 is 5.97 Å². The van der Waals surface area contributed by atoms with E-state index in [1.807, 2.05) is 0 Å². The molecule has 1 unspecified atom stereocenters. The molecule has 1 atom stereocenters. The number of amidine groups is 1. The smallest absolute Gasteiger partial charge is 0.305 e. The van der Waals surface area contributed by atoms with Gasteiger partial charge in [0.1, 0.15) is 5.25 Å². The highest BCUT2D eigenvalue weighted by molar-refractivity contribution is 9.10. The minimum absolute atomic E-state index is 0.247. The average Bonchev–Trinajstić information content (AvgIpc) is 2.73. The van der Waals surface area contributed by atoms with Gasteiger partial charge in [-0.15, -0.1) is 5.10 Å². The second kappa shape index (κ2) is 7.06. The van der Waals surface area contributed by atoms with Crippen molar-refractivity contribution in [3.05, 3.63) is 33.3 Å². The number of carbonyl (C=O) groups is 2. The van der Waals surface area contributed by atoms with Crippen LogP contribution in [0.2, 0.25) is 5.02 Å². The molecule has 1 saturated heterocycles. The van der Waals surface area contributed by atoms with E-state index in [1.165, 1.54) is 6.21 Å². The van der Waals surface area contributed by atoms with Crippen LogP contribution in [0.4, 0.5) is 0 Å². The van der Waals surface area contributed by atoms with E-state index >= 15 is 0 Å². The van der Waals surface area contributed by atoms with Crippen LogP contribution < -0.4 is 5.32 Å². The largest absolute Gasteiger partial charge is 0.481 e. The molecule has 0 spiro atoms. The number of hydrogen-bond acceptors (Lipinski definition) is 5. The number of amides is 1. The Labute approximate surface area is 137 Å². The number of carbonyl (C=O) groups excluding carboxylic acids is 1. The van der Waals surface area contributed by atoms with E-state index in [1.54, 1.807) is 18.2 Å². The number of hydrogen-bond donors (Lipinski definition) is 2. The third-order valence-corrected chi connectivity index (χ3v) is 4.72. The van der Waals surface area contributed by atoms with Crippen LogP contribution in [0.3, 0.4) is 0 Å². The predicted molar refractivity (Wildman–Crippen MR) is 86.0 cm³/mol. The van der Waals surface area contributed by atoms with Crippen LogP contribution in [0.1, 0.15) is 12.0 Å². The van der Waals surface area contributed by atoms with Gasteiger partial charge in [-0.1, -0.05) is 29.4 Å². The summed E-state index contributed by atoms with van der Waals surface area (Å²) in [6.07, 6.45) is 1.26. The molecule has 9 heteroatoms. The zero-order chi connectivity index (χ0) is 15.4. The number of benzene rings is 1. The Kier molecular flexibility index (Phi) is 5.38. The van der Waals surface area contributed by atoms with Gasteiger partial charge in [0.25, 0.3) is 0 Å². The van der Waals surface area contributed by atoms with Gasteiger partial charge in [-0.3, -0.25) is 9.59 Å². The van der Waals surface area contributed by atoms with Crippen LogP contribution in [0.5, 0.6) is 0 Å². The van der Waals surface area contributed by atoms with E-state index in [9.17, 15) is 9.59 Å². The first kappa shape index (κ1) is 16.0. The predicted octanol–water partition coefficient (Wildman–Crippen LogP) is 2.50. The molecule has 2 rings (SSSR count). The van der Waals surface area contributed by atoms with Crippen molar-refractivity contribution in [2.45, 2.75) is 11.7 Å². The summed E-state index contributed by atoms with van der Waals surface area (Å²) in [4.78, 5) is 22.1. The van der Waals surface area contributed by atoms with Gasteiger partial charge in [-0.05, 0) is 33.6 Å². The summed E-state index contributed by atoms with van der Waals surface area (Å²) in [5.74, 6) is -1.40. The summed E-state index contributed by atoms with van der Waals surface area (Å²) < 4.78 is 0.742. The standard InChI is InChI=1S/C12H9BrClN3O3S/c13-7-3-6(1-2-8(7)14)5-15-17-12-16-11(20)9(21-12)4-10(18)19/h1-3,5,9H,4H2,(H,18,19)(H,16,17,20). The second-order valence-corrected chi connectivity index (χ2v) is 6.47. The summed E-state index contributed by atoms with van der Waals surface area (Å²) in [5, 5.41) is 19.1. The van der Waals surface area contributed by atoms with E-state index in [2.05, 4.69) is 31.4 Å². The number of halogens is 2. The maximum atomic E-state index is 11.5. The van der Waals surface area contributed by atoms with Crippen LogP contribution in [0.25, 0.3) is 0 Å². The molecule has 1 amide bonds. The molecule has 0 saturated carbocycles. The van der Waals surface area contributed by atoms with Gasteiger partial charge in [-0.25, -0.2) is 0 Å². The Morgan fingerprint density at radius 2 is 2.33 bits per heavy atom. The average molecular weight is 391 g/mol. The van der Waals surface area contributed by atoms with Gasteiger partial charge in [0, 0.05) is 4.47 Å². The number of aliphatic carboxylic acids is 1. The maximum absolute atomic E-state index is 11.5. The van der Waals surface area contributed by atoms with Crippen molar-refractivity contribution in [3.63, 3.8) is 0 Å². The van der Waals surface area contributed by atoms with E-state index in [-0.39, 0.29) is 17.5 Å². The monoisotopic (exact) mass is 389 g/mol. The van der Waals surface area contributed by atoms with Crippen molar-refractivity contribution < 1.29 is 14.7 Å². The summed E-state index contributed by atoms with van der Waals surface area (Å²) in [6, 6.07) is 5.26. The summed E-state index contributed by atoms with van der Waals surface area (Å²) in [7, 11) is 0. The van der Waals surface area contributed by atoms with Crippen LogP contribution in [-0.2, 0) is 9.59 Å². The molecule has 1 heterocycles. The molecule has 0 bridgehead atoms. The molecular weight excluding hydrogens is 382 g/mol. The number of carboxylic acid groups (broad SMARTS) is 1. The first-order valence-corrected chi connectivity index (χ1v) is 7.76. The highest BCUT2D eigenvalue weighted by Crippen LogP contribution is 2.23. The molecule has 0 aromatic heterocycles. The lowest BCUT2D eigenvalue weighted by Crippen LogP contribution is -2.26.